The van der Waals surface area contributed by atoms with E-state index in [2.05, 4.69) is 23.8 Å². The Kier molecular flexibility index (Phi) is 5.69. The maximum Gasteiger partial charge on any atom is 0.268 e. The first-order valence-electron chi connectivity index (χ1n) is 6.15. The van der Waals surface area contributed by atoms with Gasteiger partial charge in [-0.05, 0) is 26.7 Å². The molecule has 0 unspecified atom stereocenters. The van der Waals surface area contributed by atoms with Crippen LogP contribution in [0.4, 0.5) is 5.69 Å². The molecule has 0 aliphatic heterocycles. The van der Waals surface area contributed by atoms with Crippen molar-refractivity contribution in [3.63, 3.8) is 0 Å². The van der Waals surface area contributed by atoms with Crippen molar-refractivity contribution in [2.24, 2.45) is 0 Å². The summed E-state index contributed by atoms with van der Waals surface area (Å²) in [5.74, 6) is 0. The van der Waals surface area contributed by atoms with Gasteiger partial charge < -0.3 is 10.0 Å². The quantitative estimate of drug-likeness (QED) is 0.717. The van der Waals surface area contributed by atoms with Gasteiger partial charge in [0.05, 0.1) is 11.9 Å². The number of nitrogens with zero attached hydrogens (tertiary/aromatic N) is 3. The highest BCUT2D eigenvalue weighted by Gasteiger charge is 2.05. The maximum atomic E-state index is 11.8. The number of hydrogen-bond acceptors (Lipinski definition) is 4. The average Bonchev–Trinajstić information content (AvgIpc) is 2.33. The van der Waals surface area contributed by atoms with E-state index in [1.165, 1.54) is 4.68 Å². The fourth-order valence-electron chi connectivity index (χ4n) is 1.73. The van der Waals surface area contributed by atoms with E-state index in [-0.39, 0.29) is 12.2 Å². The van der Waals surface area contributed by atoms with E-state index < -0.39 is 0 Å². The van der Waals surface area contributed by atoms with Gasteiger partial charge >= 0.3 is 0 Å². The number of unbranched alkanes of at least 4 members (excludes halogenated alkanes) is 1. The second-order valence-corrected chi connectivity index (χ2v) is 3.88. The lowest BCUT2D eigenvalue weighted by Crippen LogP contribution is -2.27. The van der Waals surface area contributed by atoms with Gasteiger partial charge in [-0.25, -0.2) is 4.68 Å². The summed E-state index contributed by atoms with van der Waals surface area (Å²) in [5.41, 5.74) is 0.797. The Morgan fingerprint density at radius 1 is 1.35 bits per heavy atom. The average molecular weight is 239 g/mol. The minimum Gasteiger partial charge on any atom is -0.396 e. The van der Waals surface area contributed by atoms with Crippen LogP contribution in [-0.2, 0) is 6.54 Å². The zero-order valence-corrected chi connectivity index (χ0v) is 10.6. The summed E-state index contributed by atoms with van der Waals surface area (Å²) in [4.78, 5) is 13.9. The molecule has 0 spiro atoms. The fraction of sp³-hybridized carbons (Fsp3) is 0.667. The van der Waals surface area contributed by atoms with Gasteiger partial charge in [0, 0.05) is 32.3 Å². The minimum absolute atomic E-state index is 0.0765. The molecule has 0 aliphatic carbocycles. The van der Waals surface area contributed by atoms with Gasteiger partial charge in [-0.3, -0.25) is 4.79 Å². The third kappa shape index (κ3) is 3.85. The summed E-state index contributed by atoms with van der Waals surface area (Å²) in [6, 6.07) is 1.62. The van der Waals surface area contributed by atoms with Crippen molar-refractivity contribution in [3.05, 3.63) is 22.6 Å². The second-order valence-electron chi connectivity index (χ2n) is 3.88. The monoisotopic (exact) mass is 239 g/mol. The standard InChI is InChI=1S/C12H21N3O2/c1-3-14(4-2)11-9-12(17)15(13-10-11)7-5-6-8-16/h9-10,16H,3-8H2,1-2H3. The molecule has 1 N–H and O–H groups in total. The van der Waals surface area contributed by atoms with Crippen LogP contribution in [0.5, 0.6) is 0 Å². The first kappa shape index (κ1) is 13.7. The molecule has 0 aliphatic rings. The Bertz CT molecular complexity index is 386. The fourth-order valence-corrected chi connectivity index (χ4v) is 1.73. The van der Waals surface area contributed by atoms with Crippen LogP contribution in [0.1, 0.15) is 26.7 Å². The zero-order valence-electron chi connectivity index (χ0n) is 10.6. The molecule has 0 saturated carbocycles. The normalized spacial score (nSPS) is 10.5. The van der Waals surface area contributed by atoms with E-state index in [1.807, 2.05) is 0 Å². The summed E-state index contributed by atoms with van der Waals surface area (Å²) >= 11 is 0. The molecule has 1 aromatic heterocycles. The number of aliphatic hydroxyl groups is 1. The number of rotatable bonds is 7. The molecule has 0 aromatic carbocycles. The zero-order chi connectivity index (χ0) is 12.7. The summed E-state index contributed by atoms with van der Waals surface area (Å²) in [7, 11) is 0. The molecular weight excluding hydrogens is 218 g/mol. The van der Waals surface area contributed by atoms with Gasteiger partial charge in [-0.1, -0.05) is 0 Å². The molecule has 1 heterocycles. The number of hydrogen-bond donors (Lipinski definition) is 1. The van der Waals surface area contributed by atoms with Crippen molar-refractivity contribution < 1.29 is 5.11 Å². The highest BCUT2D eigenvalue weighted by atomic mass is 16.2. The SMILES string of the molecule is CCN(CC)c1cnn(CCCCO)c(=O)c1. The summed E-state index contributed by atoms with van der Waals surface area (Å²) in [6.07, 6.45) is 3.20. The lowest BCUT2D eigenvalue weighted by atomic mass is 10.3. The molecule has 0 fully saturated rings. The molecular formula is C12H21N3O2. The third-order valence-corrected chi connectivity index (χ3v) is 2.76. The van der Waals surface area contributed by atoms with Crippen LogP contribution < -0.4 is 10.5 Å². The Hall–Kier alpha value is -1.36. The van der Waals surface area contributed by atoms with Crippen LogP contribution in [0.25, 0.3) is 0 Å². The molecule has 0 radical (unpaired) electrons. The molecule has 0 amide bonds. The Morgan fingerprint density at radius 3 is 2.59 bits per heavy atom. The van der Waals surface area contributed by atoms with E-state index in [0.29, 0.717) is 13.0 Å². The number of aliphatic hydroxyl groups excluding tert-OH is 1. The Labute approximate surface area is 102 Å². The lowest BCUT2D eigenvalue weighted by Gasteiger charge is -2.20. The van der Waals surface area contributed by atoms with E-state index in [4.69, 9.17) is 5.11 Å². The van der Waals surface area contributed by atoms with Crippen molar-refractivity contribution >= 4 is 5.69 Å². The van der Waals surface area contributed by atoms with Crippen molar-refractivity contribution in [1.29, 1.82) is 0 Å². The van der Waals surface area contributed by atoms with Crippen molar-refractivity contribution in [2.75, 3.05) is 24.6 Å². The highest BCUT2D eigenvalue weighted by Crippen LogP contribution is 2.08. The van der Waals surface area contributed by atoms with Gasteiger partial charge in [-0.2, -0.15) is 5.10 Å². The summed E-state index contributed by atoms with van der Waals surface area (Å²) in [6.45, 7) is 6.56. The largest absolute Gasteiger partial charge is 0.396 e. The van der Waals surface area contributed by atoms with E-state index in [1.54, 1.807) is 12.3 Å². The topological polar surface area (TPSA) is 58.4 Å². The molecule has 0 atom stereocenters. The van der Waals surface area contributed by atoms with Crippen LogP contribution >= 0.6 is 0 Å². The first-order valence-corrected chi connectivity index (χ1v) is 6.15. The lowest BCUT2D eigenvalue weighted by molar-refractivity contribution is 0.279. The highest BCUT2D eigenvalue weighted by molar-refractivity contribution is 5.42. The van der Waals surface area contributed by atoms with Crippen molar-refractivity contribution in [1.82, 2.24) is 9.78 Å². The smallest absolute Gasteiger partial charge is 0.268 e. The molecule has 17 heavy (non-hydrogen) atoms. The molecule has 0 bridgehead atoms. The van der Waals surface area contributed by atoms with Gasteiger partial charge in [0.15, 0.2) is 0 Å². The summed E-state index contributed by atoms with van der Waals surface area (Å²) in [5, 5.41) is 12.8. The summed E-state index contributed by atoms with van der Waals surface area (Å²) < 4.78 is 1.45. The predicted octanol–water partition coefficient (Wildman–Crippen LogP) is 0.862. The molecule has 5 nitrogen and oxygen atoms in total. The van der Waals surface area contributed by atoms with E-state index in [9.17, 15) is 4.79 Å². The van der Waals surface area contributed by atoms with Crippen LogP contribution in [0.2, 0.25) is 0 Å². The van der Waals surface area contributed by atoms with Crippen LogP contribution in [0.3, 0.4) is 0 Å². The van der Waals surface area contributed by atoms with Crippen molar-refractivity contribution in [2.45, 2.75) is 33.2 Å². The molecule has 1 aromatic rings. The molecule has 5 heteroatoms. The van der Waals surface area contributed by atoms with Gasteiger partial charge in [0.1, 0.15) is 0 Å². The van der Waals surface area contributed by atoms with E-state index >= 15 is 0 Å². The number of aromatic nitrogens is 2. The minimum atomic E-state index is -0.0765. The maximum absolute atomic E-state index is 11.8. The predicted molar refractivity (Wildman–Crippen MR) is 68.4 cm³/mol. The second kappa shape index (κ2) is 7.06. The van der Waals surface area contributed by atoms with Gasteiger partial charge in [0.25, 0.3) is 5.56 Å². The van der Waals surface area contributed by atoms with E-state index in [0.717, 1.165) is 25.2 Å². The van der Waals surface area contributed by atoms with Gasteiger partial charge in [0.2, 0.25) is 0 Å². The Morgan fingerprint density at radius 2 is 2.06 bits per heavy atom. The Balaban J connectivity index is 2.75. The number of anilines is 1. The molecule has 96 valence electrons. The van der Waals surface area contributed by atoms with Crippen LogP contribution in [0.15, 0.2) is 17.1 Å². The number of aryl methyl sites for hydroxylation is 1. The molecule has 1 rings (SSSR count). The third-order valence-electron chi connectivity index (χ3n) is 2.76. The molecule has 0 saturated heterocycles. The first-order chi connectivity index (χ1) is 8.22. The van der Waals surface area contributed by atoms with Crippen molar-refractivity contribution in [3.8, 4) is 0 Å². The van der Waals surface area contributed by atoms with Crippen LogP contribution in [-0.4, -0.2) is 34.6 Å². The van der Waals surface area contributed by atoms with Crippen LogP contribution in [0, 0.1) is 0 Å². The van der Waals surface area contributed by atoms with Gasteiger partial charge in [-0.15, -0.1) is 0 Å².